The maximum atomic E-state index is 14.4. The van der Waals surface area contributed by atoms with Gasteiger partial charge in [-0.3, -0.25) is 4.79 Å². The second kappa shape index (κ2) is 11.3. The van der Waals surface area contributed by atoms with Gasteiger partial charge in [0, 0.05) is 47.0 Å². The van der Waals surface area contributed by atoms with Crippen LogP contribution in [-0.4, -0.2) is 52.1 Å². The van der Waals surface area contributed by atoms with E-state index in [1.807, 2.05) is 6.92 Å². The monoisotopic (exact) mass is 603 g/mol. The molecule has 3 heterocycles. The summed E-state index contributed by atoms with van der Waals surface area (Å²) < 4.78 is 19.8. The van der Waals surface area contributed by atoms with E-state index < -0.39 is 23.9 Å². The van der Waals surface area contributed by atoms with E-state index in [-0.39, 0.29) is 47.6 Å². The SMILES string of the molecule is C[C@]1(O)CCC[C@H]2c3c(c4c5oc(c(CC=O)c(=O)c5c3OC3CCCC3)[C@H](O)C[C@@H](N=C(N)N)CSSC4)O[C@@H]21. The number of aliphatic hydroxyl groups is 2. The van der Waals surface area contributed by atoms with E-state index in [0.717, 1.165) is 44.1 Å². The number of hydrogen-bond acceptors (Lipinski definition) is 10. The molecule has 2 fully saturated rings. The number of nitrogens with two attached hydrogens (primary N) is 2. The van der Waals surface area contributed by atoms with E-state index in [1.54, 1.807) is 21.6 Å². The summed E-state index contributed by atoms with van der Waals surface area (Å²) >= 11 is 0. The third kappa shape index (κ3) is 5.21. The molecule has 2 bridgehead atoms. The zero-order chi connectivity index (χ0) is 28.9. The van der Waals surface area contributed by atoms with Crippen molar-refractivity contribution >= 4 is 44.8 Å². The molecule has 1 aromatic carbocycles. The number of guanidine groups is 1. The first-order chi connectivity index (χ1) is 19.7. The summed E-state index contributed by atoms with van der Waals surface area (Å²) in [5.41, 5.74) is 11.8. The van der Waals surface area contributed by atoms with Crippen molar-refractivity contribution in [2.24, 2.45) is 16.5 Å². The summed E-state index contributed by atoms with van der Waals surface area (Å²) in [6, 6.07) is -0.431. The lowest BCUT2D eigenvalue weighted by Gasteiger charge is -2.37. The summed E-state index contributed by atoms with van der Waals surface area (Å²) in [5, 5.41) is 23.0. The maximum Gasteiger partial charge on any atom is 0.200 e. The van der Waals surface area contributed by atoms with Crippen LogP contribution < -0.4 is 26.4 Å². The van der Waals surface area contributed by atoms with Crippen molar-refractivity contribution in [3.05, 3.63) is 32.7 Å². The number of fused-ring (bicyclic) bond motifs is 5. The van der Waals surface area contributed by atoms with E-state index >= 15 is 0 Å². The lowest BCUT2D eigenvalue weighted by molar-refractivity contribution is -0.107. The van der Waals surface area contributed by atoms with E-state index in [9.17, 15) is 19.8 Å². The van der Waals surface area contributed by atoms with Gasteiger partial charge in [-0.05, 0) is 51.9 Å². The molecule has 2 aromatic rings. The van der Waals surface area contributed by atoms with Gasteiger partial charge in [0.15, 0.2) is 11.4 Å². The summed E-state index contributed by atoms with van der Waals surface area (Å²) in [6.45, 7) is 1.81. The predicted octanol–water partition coefficient (Wildman–Crippen LogP) is 3.60. The highest BCUT2D eigenvalue weighted by Gasteiger charge is 2.51. The van der Waals surface area contributed by atoms with Crippen molar-refractivity contribution in [3.63, 3.8) is 0 Å². The number of ether oxygens (including phenoxy) is 2. The quantitative estimate of drug-likeness (QED) is 0.170. The molecule has 0 spiro atoms. The van der Waals surface area contributed by atoms with Crippen molar-refractivity contribution < 1.29 is 28.9 Å². The number of benzene rings is 1. The third-order valence-electron chi connectivity index (χ3n) is 8.85. The Bertz CT molecular complexity index is 1430. The molecule has 0 saturated heterocycles. The largest absolute Gasteiger partial charge is 0.489 e. The fraction of sp³-hybridized carbons (Fsp3) is 0.621. The van der Waals surface area contributed by atoms with Gasteiger partial charge in [-0.25, -0.2) is 4.99 Å². The molecule has 5 atom stereocenters. The Balaban J connectivity index is 1.63. The van der Waals surface area contributed by atoms with E-state index in [0.29, 0.717) is 52.2 Å². The summed E-state index contributed by atoms with van der Waals surface area (Å²) in [4.78, 5) is 30.5. The number of carbonyl (C=O) groups excluding carboxylic acids is 1. The standard InChI is InChI=1S/C29H37N3O7S2/c1-29(36)9-4-7-16-20-24(39-27(16)29)18-13-41-40-12-14(32-28(30)31)11-19(34)23-17(8-10-33)22(35)21(25(18)38-23)26(20)37-15-5-2-3-6-15/h10,14-16,19,27,34,36H,2-9,11-13H2,1H3,(H4,30,31,32)/t14-,16+,19-,27+,29+/m1/s1. The Morgan fingerprint density at radius 2 is 2.00 bits per heavy atom. The first-order valence-corrected chi connectivity index (χ1v) is 16.9. The highest BCUT2D eigenvalue weighted by molar-refractivity contribution is 8.76. The number of carbonyl (C=O) groups is 1. The average molecular weight is 604 g/mol. The topological polar surface area (TPSA) is 171 Å². The third-order valence-corrected chi connectivity index (χ3v) is 11.2. The van der Waals surface area contributed by atoms with Crippen LogP contribution >= 0.6 is 21.6 Å². The van der Waals surface area contributed by atoms with E-state index in [4.69, 9.17) is 25.4 Å². The highest BCUT2D eigenvalue weighted by atomic mass is 33.1. The minimum absolute atomic E-state index is 0.0396. The fourth-order valence-corrected chi connectivity index (χ4v) is 9.24. The summed E-state index contributed by atoms with van der Waals surface area (Å²) in [6.07, 6.45) is 4.88. The Kier molecular flexibility index (Phi) is 7.94. The van der Waals surface area contributed by atoms with Crippen molar-refractivity contribution in [2.45, 2.75) is 106 Å². The maximum absolute atomic E-state index is 14.4. The zero-order valence-electron chi connectivity index (χ0n) is 23.1. The first-order valence-electron chi connectivity index (χ1n) is 14.4. The van der Waals surface area contributed by atoms with E-state index in [2.05, 4.69) is 4.99 Å². The first kappa shape index (κ1) is 28.7. The van der Waals surface area contributed by atoms with Gasteiger partial charge in [0.05, 0.1) is 17.7 Å². The molecule has 2 aliphatic heterocycles. The fourth-order valence-electron chi connectivity index (χ4n) is 6.95. The van der Waals surface area contributed by atoms with Crippen LogP contribution in [0.3, 0.4) is 0 Å². The Morgan fingerprint density at radius 3 is 2.73 bits per heavy atom. The van der Waals surface area contributed by atoms with Crippen LogP contribution in [0.25, 0.3) is 11.0 Å². The number of aliphatic hydroxyl groups excluding tert-OH is 1. The average Bonchev–Trinajstić information content (AvgIpc) is 3.56. The van der Waals surface area contributed by atoms with Gasteiger partial charge in [-0.2, -0.15) is 0 Å². The van der Waals surface area contributed by atoms with Crippen LogP contribution in [0.1, 0.15) is 92.8 Å². The molecular weight excluding hydrogens is 566 g/mol. The molecule has 0 amide bonds. The number of hydrogen-bond donors (Lipinski definition) is 4. The van der Waals surface area contributed by atoms with Crippen LogP contribution in [0.2, 0.25) is 0 Å². The minimum Gasteiger partial charge on any atom is -0.489 e. The molecular formula is C29H37N3O7S2. The Hall–Kier alpha value is -2.41. The molecule has 6 N–H and O–H groups in total. The molecule has 10 nitrogen and oxygen atoms in total. The summed E-state index contributed by atoms with van der Waals surface area (Å²) in [5.74, 6) is 1.80. The minimum atomic E-state index is -1.22. The van der Waals surface area contributed by atoms with Crippen molar-refractivity contribution in [1.29, 1.82) is 0 Å². The molecule has 6 rings (SSSR count). The second-order valence-electron chi connectivity index (χ2n) is 11.8. The van der Waals surface area contributed by atoms with Gasteiger partial charge in [0.2, 0.25) is 0 Å². The Morgan fingerprint density at radius 1 is 1.22 bits per heavy atom. The number of aldehydes is 1. The van der Waals surface area contributed by atoms with E-state index in [1.165, 1.54) is 0 Å². The van der Waals surface area contributed by atoms with Gasteiger partial charge in [-0.1, -0.05) is 21.6 Å². The molecule has 41 heavy (non-hydrogen) atoms. The van der Waals surface area contributed by atoms with Crippen LogP contribution in [0, 0.1) is 0 Å². The molecule has 2 aliphatic carbocycles. The summed E-state index contributed by atoms with van der Waals surface area (Å²) in [7, 11) is 3.11. The van der Waals surface area contributed by atoms with Crippen LogP contribution in [0.15, 0.2) is 14.2 Å². The smallest absolute Gasteiger partial charge is 0.200 e. The van der Waals surface area contributed by atoms with Gasteiger partial charge in [0.25, 0.3) is 0 Å². The lowest BCUT2D eigenvalue weighted by Crippen LogP contribution is -2.47. The molecule has 0 unspecified atom stereocenters. The second-order valence-corrected chi connectivity index (χ2v) is 14.3. The predicted molar refractivity (Wildman–Crippen MR) is 160 cm³/mol. The number of rotatable bonds is 5. The van der Waals surface area contributed by atoms with Gasteiger partial charge < -0.3 is 40.4 Å². The van der Waals surface area contributed by atoms with Gasteiger partial charge >= 0.3 is 0 Å². The van der Waals surface area contributed by atoms with Gasteiger partial charge in [-0.15, -0.1) is 0 Å². The van der Waals surface area contributed by atoms with Crippen LogP contribution in [0.5, 0.6) is 11.5 Å². The highest BCUT2D eigenvalue weighted by Crippen LogP contribution is 2.57. The van der Waals surface area contributed by atoms with Crippen molar-refractivity contribution in [2.75, 3.05) is 5.75 Å². The molecule has 2 saturated carbocycles. The molecule has 1 aromatic heterocycles. The number of aliphatic imine (C=N–C) groups is 1. The zero-order valence-corrected chi connectivity index (χ0v) is 24.7. The Labute approximate surface area is 246 Å². The lowest BCUT2D eigenvalue weighted by atomic mass is 9.74. The van der Waals surface area contributed by atoms with Crippen LogP contribution in [-0.2, 0) is 17.0 Å². The number of nitrogens with zero attached hydrogens (tertiary/aromatic N) is 1. The van der Waals surface area contributed by atoms with Crippen molar-refractivity contribution in [1.82, 2.24) is 0 Å². The van der Waals surface area contributed by atoms with Crippen molar-refractivity contribution in [3.8, 4) is 11.5 Å². The molecule has 12 heteroatoms. The molecule has 222 valence electrons. The molecule has 0 radical (unpaired) electrons. The molecule has 4 aliphatic rings. The van der Waals surface area contributed by atoms with Gasteiger partial charge in [0.1, 0.15) is 46.7 Å². The normalized spacial score (nSPS) is 29.8. The van der Waals surface area contributed by atoms with Crippen LogP contribution in [0.4, 0.5) is 0 Å².